The van der Waals surface area contributed by atoms with Crippen molar-refractivity contribution in [3.8, 4) is 17.1 Å². The third kappa shape index (κ3) is 4.15. The molecular formula is C26H26FN5O5. The Labute approximate surface area is 211 Å². The highest BCUT2D eigenvalue weighted by atomic mass is 19.1. The van der Waals surface area contributed by atoms with E-state index in [-0.39, 0.29) is 34.2 Å². The zero-order valence-corrected chi connectivity index (χ0v) is 21.3. The molecule has 0 radical (unpaired) electrons. The van der Waals surface area contributed by atoms with Gasteiger partial charge in [0.25, 0.3) is 16.8 Å². The highest BCUT2D eigenvalue weighted by Gasteiger charge is 2.27. The third-order valence-corrected chi connectivity index (χ3v) is 6.13. The largest absolute Gasteiger partial charge is 0.496 e. The zero-order valence-electron chi connectivity index (χ0n) is 21.3. The van der Waals surface area contributed by atoms with Crippen molar-refractivity contribution in [2.24, 2.45) is 0 Å². The van der Waals surface area contributed by atoms with E-state index in [0.29, 0.717) is 17.1 Å². The zero-order chi connectivity index (χ0) is 27.2. The Bertz CT molecular complexity index is 1650. The second kappa shape index (κ2) is 9.57. The van der Waals surface area contributed by atoms with E-state index in [4.69, 9.17) is 4.74 Å². The maximum atomic E-state index is 15.1. The minimum absolute atomic E-state index is 0.133. The summed E-state index contributed by atoms with van der Waals surface area (Å²) in [6.07, 6.45) is 1.41. The van der Waals surface area contributed by atoms with Gasteiger partial charge in [0, 0.05) is 23.2 Å². The average molecular weight is 508 g/mol. The fraction of sp³-hybridized carbons (Fsp3) is 0.308. The molecule has 192 valence electrons. The van der Waals surface area contributed by atoms with E-state index in [1.165, 1.54) is 43.1 Å². The van der Waals surface area contributed by atoms with Crippen LogP contribution in [0.25, 0.3) is 22.3 Å². The topological polar surface area (TPSA) is 122 Å². The standard InChI is InChI=1S/C26H26FN5O5/c1-13(2)21-25(22(14(3)4)29-12-28-21)31-20(33)11-19(37-6)16-10-15(5)30(26(34)23(16)31)24-17(27)8-7-9-18(24)32(35)36/h7-14H,1-6H3. The van der Waals surface area contributed by atoms with Crippen LogP contribution in [0.1, 0.15) is 56.6 Å². The van der Waals surface area contributed by atoms with Gasteiger partial charge < -0.3 is 4.74 Å². The van der Waals surface area contributed by atoms with Gasteiger partial charge in [0.05, 0.1) is 29.1 Å². The minimum atomic E-state index is -0.954. The highest BCUT2D eigenvalue weighted by molar-refractivity contribution is 5.87. The number of pyridine rings is 2. The maximum Gasteiger partial charge on any atom is 0.296 e. The second-order valence-electron chi connectivity index (χ2n) is 9.24. The Morgan fingerprint density at radius 3 is 2.16 bits per heavy atom. The van der Waals surface area contributed by atoms with Gasteiger partial charge in [-0.1, -0.05) is 33.8 Å². The number of aromatic nitrogens is 4. The smallest absolute Gasteiger partial charge is 0.296 e. The first-order chi connectivity index (χ1) is 17.5. The Kier molecular flexibility index (Phi) is 6.64. The lowest BCUT2D eigenvalue weighted by Crippen LogP contribution is -2.31. The molecule has 0 aliphatic heterocycles. The van der Waals surface area contributed by atoms with Crippen molar-refractivity contribution in [3.63, 3.8) is 0 Å². The van der Waals surface area contributed by atoms with Crippen molar-refractivity contribution in [1.29, 1.82) is 0 Å². The summed E-state index contributed by atoms with van der Waals surface area (Å²) in [5, 5.41) is 12.0. The monoisotopic (exact) mass is 507 g/mol. The van der Waals surface area contributed by atoms with Crippen molar-refractivity contribution in [1.82, 2.24) is 19.1 Å². The van der Waals surface area contributed by atoms with Crippen LogP contribution in [0.4, 0.5) is 10.1 Å². The van der Waals surface area contributed by atoms with Crippen LogP contribution in [-0.2, 0) is 0 Å². The van der Waals surface area contributed by atoms with Crippen LogP contribution in [0.5, 0.6) is 5.75 Å². The minimum Gasteiger partial charge on any atom is -0.496 e. The summed E-state index contributed by atoms with van der Waals surface area (Å²) < 4.78 is 22.6. The van der Waals surface area contributed by atoms with Crippen LogP contribution in [0.2, 0.25) is 0 Å². The summed E-state index contributed by atoms with van der Waals surface area (Å²) in [5.74, 6) is -1.09. The summed E-state index contributed by atoms with van der Waals surface area (Å²) in [5.41, 5.74) is -1.01. The molecule has 11 heteroatoms. The Balaban J connectivity index is 2.31. The molecule has 0 atom stereocenters. The number of methoxy groups -OCH3 is 1. The number of nitro benzene ring substituents is 1. The molecule has 3 heterocycles. The van der Waals surface area contributed by atoms with Gasteiger partial charge in [-0.15, -0.1) is 0 Å². The maximum absolute atomic E-state index is 15.1. The first-order valence-electron chi connectivity index (χ1n) is 11.6. The van der Waals surface area contributed by atoms with Crippen molar-refractivity contribution < 1.29 is 14.1 Å². The first-order valence-corrected chi connectivity index (χ1v) is 11.6. The van der Waals surface area contributed by atoms with Gasteiger partial charge in [-0.05, 0) is 30.9 Å². The second-order valence-corrected chi connectivity index (χ2v) is 9.24. The number of hydrogen-bond donors (Lipinski definition) is 0. The lowest BCUT2D eigenvalue weighted by atomic mass is 10.0. The third-order valence-electron chi connectivity index (χ3n) is 6.13. The number of fused-ring (bicyclic) bond motifs is 1. The number of nitro groups is 1. The molecule has 3 aromatic heterocycles. The predicted molar refractivity (Wildman–Crippen MR) is 137 cm³/mol. The van der Waals surface area contributed by atoms with Crippen LogP contribution in [-0.4, -0.2) is 31.1 Å². The highest BCUT2D eigenvalue weighted by Crippen LogP contribution is 2.32. The molecular weight excluding hydrogens is 481 g/mol. The number of aryl methyl sites for hydroxylation is 1. The lowest BCUT2D eigenvalue weighted by molar-refractivity contribution is -0.384. The van der Waals surface area contributed by atoms with Crippen molar-refractivity contribution in [2.75, 3.05) is 7.11 Å². The summed E-state index contributed by atoms with van der Waals surface area (Å²) >= 11 is 0. The van der Waals surface area contributed by atoms with Gasteiger partial charge in [0.1, 0.15) is 17.6 Å². The fourth-order valence-electron chi connectivity index (χ4n) is 4.51. The molecule has 10 nitrogen and oxygen atoms in total. The quantitative estimate of drug-likeness (QED) is 0.277. The van der Waals surface area contributed by atoms with Gasteiger partial charge in [0.15, 0.2) is 11.5 Å². The number of benzene rings is 1. The molecule has 0 unspecified atom stereocenters. The summed E-state index contributed by atoms with van der Waals surface area (Å²) in [7, 11) is 1.37. The molecule has 4 aromatic rings. The van der Waals surface area contributed by atoms with E-state index < -0.39 is 33.2 Å². The van der Waals surface area contributed by atoms with E-state index in [1.54, 1.807) is 0 Å². The summed E-state index contributed by atoms with van der Waals surface area (Å²) in [6, 6.07) is 6.15. The van der Waals surface area contributed by atoms with Crippen LogP contribution >= 0.6 is 0 Å². The number of para-hydroxylation sites is 1. The number of ether oxygens (including phenoxy) is 1. The van der Waals surface area contributed by atoms with E-state index in [0.717, 1.165) is 16.7 Å². The number of hydrogen-bond acceptors (Lipinski definition) is 7. The molecule has 4 rings (SSSR count). The molecule has 0 saturated carbocycles. The molecule has 0 fully saturated rings. The van der Waals surface area contributed by atoms with Gasteiger partial charge >= 0.3 is 0 Å². The van der Waals surface area contributed by atoms with Crippen LogP contribution in [0, 0.1) is 22.9 Å². The normalized spacial score (nSPS) is 11.5. The van der Waals surface area contributed by atoms with Crippen LogP contribution in [0.3, 0.4) is 0 Å². The Hall–Kier alpha value is -4.41. The number of rotatable bonds is 6. The van der Waals surface area contributed by atoms with Crippen LogP contribution < -0.4 is 15.9 Å². The van der Waals surface area contributed by atoms with Gasteiger partial charge in [-0.2, -0.15) is 0 Å². The summed E-state index contributed by atoms with van der Waals surface area (Å²) in [6.45, 7) is 9.13. The molecule has 0 aliphatic carbocycles. The first kappa shape index (κ1) is 25.7. The van der Waals surface area contributed by atoms with Gasteiger partial charge in [-0.3, -0.25) is 28.8 Å². The fourth-order valence-corrected chi connectivity index (χ4v) is 4.51. The SMILES string of the molecule is COc1cc(=O)n(-c2c(C(C)C)ncnc2C(C)C)c2c(=O)n(-c3c(F)cccc3[N+](=O)[O-])c(C)cc12. The van der Waals surface area contributed by atoms with Crippen molar-refractivity contribution in [3.05, 3.63) is 90.4 Å². The molecule has 0 spiro atoms. The van der Waals surface area contributed by atoms with E-state index in [1.807, 2.05) is 27.7 Å². The van der Waals surface area contributed by atoms with Crippen molar-refractivity contribution >= 4 is 16.6 Å². The van der Waals surface area contributed by atoms with E-state index >= 15 is 4.39 Å². The van der Waals surface area contributed by atoms with Crippen LogP contribution in [0.15, 0.2) is 46.2 Å². The number of nitrogens with zero attached hydrogens (tertiary/aromatic N) is 5. The molecule has 0 N–H and O–H groups in total. The molecule has 0 aliphatic rings. The van der Waals surface area contributed by atoms with E-state index in [2.05, 4.69) is 9.97 Å². The molecule has 0 saturated heterocycles. The molecule has 0 amide bonds. The summed E-state index contributed by atoms with van der Waals surface area (Å²) in [4.78, 5) is 47.6. The van der Waals surface area contributed by atoms with Crippen molar-refractivity contribution in [2.45, 2.75) is 46.5 Å². The van der Waals surface area contributed by atoms with Gasteiger partial charge in [0.2, 0.25) is 0 Å². The Morgan fingerprint density at radius 1 is 1.00 bits per heavy atom. The predicted octanol–water partition coefficient (Wildman–Crippen LogP) is 4.54. The van der Waals surface area contributed by atoms with Gasteiger partial charge in [-0.25, -0.2) is 14.4 Å². The lowest BCUT2D eigenvalue weighted by Gasteiger charge is -2.22. The Morgan fingerprint density at radius 2 is 1.62 bits per heavy atom. The van der Waals surface area contributed by atoms with E-state index in [9.17, 15) is 19.7 Å². The molecule has 37 heavy (non-hydrogen) atoms. The average Bonchev–Trinajstić information content (AvgIpc) is 2.84. The molecule has 0 bridgehead atoms. The molecule has 1 aromatic carbocycles. The number of halogens is 1.